The molecule has 0 aromatic heterocycles. The maximum absolute atomic E-state index is 11.2. The summed E-state index contributed by atoms with van der Waals surface area (Å²) >= 11 is 0. The summed E-state index contributed by atoms with van der Waals surface area (Å²) in [5.41, 5.74) is 7.55. The van der Waals surface area contributed by atoms with Crippen LogP contribution in [0.5, 0.6) is 0 Å². The average molecular weight is 249 g/mol. The van der Waals surface area contributed by atoms with E-state index in [1.807, 2.05) is 19.1 Å². The lowest BCUT2D eigenvalue weighted by atomic mass is 10.1. The summed E-state index contributed by atoms with van der Waals surface area (Å²) in [7, 11) is 0. The minimum absolute atomic E-state index is 0.0498. The molecule has 1 amide bonds. The molecule has 100 valence electrons. The second kappa shape index (κ2) is 8.66. The van der Waals surface area contributed by atoms with Crippen molar-refractivity contribution in [1.82, 2.24) is 5.32 Å². The summed E-state index contributed by atoms with van der Waals surface area (Å²) in [5, 5.41) is 6.11. The Labute approximate surface area is 109 Å². The highest BCUT2D eigenvalue weighted by molar-refractivity contribution is 5.90. The Morgan fingerprint density at radius 2 is 1.94 bits per heavy atom. The number of carbonyl (C=O) groups excluding carboxylic acids is 1. The van der Waals surface area contributed by atoms with Crippen LogP contribution in [0.25, 0.3) is 0 Å². The quantitative estimate of drug-likeness (QED) is 0.612. The molecule has 18 heavy (non-hydrogen) atoms. The summed E-state index contributed by atoms with van der Waals surface area (Å²) in [6.45, 7) is 4.40. The van der Waals surface area contributed by atoms with Crippen molar-refractivity contribution in [3.63, 3.8) is 0 Å². The lowest BCUT2D eigenvalue weighted by Crippen LogP contribution is -2.23. The van der Waals surface area contributed by atoms with Gasteiger partial charge in [-0.25, -0.2) is 0 Å². The molecule has 4 nitrogen and oxygen atoms in total. The van der Waals surface area contributed by atoms with Gasteiger partial charge < -0.3 is 16.4 Å². The Morgan fingerprint density at radius 1 is 1.22 bits per heavy atom. The molecular formula is C14H23N3O. The van der Waals surface area contributed by atoms with Crippen molar-refractivity contribution in [2.45, 2.75) is 26.2 Å². The summed E-state index contributed by atoms with van der Waals surface area (Å²) in [4.78, 5) is 11.2. The number of rotatable bonds is 8. The number of nitrogens with two attached hydrogens (primary N) is 1. The van der Waals surface area contributed by atoms with E-state index in [9.17, 15) is 4.79 Å². The largest absolute Gasteiger partial charge is 0.329 e. The van der Waals surface area contributed by atoms with Crippen LogP contribution in [0.3, 0.4) is 0 Å². The van der Waals surface area contributed by atoms with E-state index < -0.39 is 0 Å². The third-order valence-corrected chi connectivity index (χ3v) is 2.70. The van der Waals surface area contributed by atoms with Crippen molar-refractivity contribution in [2.24, 2.45) is 5.73 Å². The number of carbonyl (C=O) groups is 1. The Bertz CT molecular complexity index is 349. The number of amides is 1. The number of benzene rings is 1. The normalized spacial score (nSPS) is 10.3. The van der Waals surface area contributed by atoms with E-state index in [4.69, 9.17) is 5.73 Å². The second-order valence-electron chi connectivity index (χ2n) is 4.24. The predicted octanol–water partition coefficient (Wildman–Crippen LogP) is 1.52. The van der Waals surface area contributed by atoms with Crippen LogP contribution < -0.4 is 16.4 Å². The molecule has 0 fully saturated rings. The average Bonchev–Trinajstić information content (AvgIpc) is 2.40. The molecule has 0 spiro atoms. The topological polar surface area (TPSA) is 67.2 Å². The third kappa shape index (κ3) is 5.80. The minimum Gasteiger partial charge on any atom is -0.329 e. The molecule has 0 atom stereocenters. The van der Waals surface area contributed by atoms with Crippen LogP contribution in [-0.2, 0) is 11.2 Å². The maximum Gasteiger partial charge on any atom is 0.224 e. The molecule has 4 N–H and O–H groups in total. The van der Waals surface area contributed by atoms with Crippen molar-refractivity contribution in [1.29, 1.82) is 0 Å². The first kappa shape index (κ1) is 14.7. The van der Waals surface area contributed by atoms with Crippen LogP contribution in [0, 0.1) is 0 Å². The van der Waals surface area contributed by atoms with Gasteiger partial charge >= 0.3 is 0 Å². The van der Waals surface area contributed by atoms with Crippen LogP contribution in [0.15, 0.2) is 24.3 Å². The monoisotopic (exact) mass is 249 g/mol. The van der Waals surface area contributed by atoms with Crippen molar-refractivity contribution in [3.8, 4) is 0 Å². The molecule has 1 aromatic rings. The SMILES string of the molecule is CCC(=O)Nc1ccc(CCCNCCN)cc1. The first-order valence-corrected chi connectivity index (χ1v) is 6.56. The van der Waals surface area contributed by atoms with Gasteiger partial charge in [-0.05, 0) is 37.1 Å². The second-order valence-corrected chi connectivity index (χ2v) is 4.24. The molecule has 0 aliphatic heterocycles. The molecule has 0 radical (unpaired) electrons. The summed E-state index contributed by atoms with van der Waals surface area (Å²) in [5.74, 6) is 0.0498. The van der Waals surface area contributed by atoms with Gasteiger partial charge in [0.1, 0.15) is 0 Å². The molecule has 0 unspecified atom stereocenters. The van der Waals surface area contributed by atoms with E-state index in [0.717, 1.165) is 31.6 Å². The fraction of sp³-hybridized carbons (Fsp3) is 0.500. The van der Waals surface area contributed by atoms with Gasteiger partial charge in [-0.2, -0.15) is 0 Å². The van der Waals surface area contributed by atoms with Crippen molar-refractivity contribution >= 4 is 11.6 Å². The highest BCUT2D eigenvalue weighted by Gasteiger charge is 1.99. The van der Waals surface area contributed by atoms with Gasteiger partial charge in [0.2, 0.25) is 5.91 Å². The zero-order valence-electron chi connectivity index (χ0n) is 11.0. The molecule has 0 bridgehead atoms. The molecule has 1 rings (SSSR count). The standard InChI is InChI=1S/C14H23N3O/c1-2-14(18)17-13-7-5-12(6-8-13)4-3-10-16-11-9-15/h5-8,16H,2-4,9-11,15H2,1H3,(H,17,18). The first-order chi connectivity index (χ1) is 8.76. The van der Waals surface area contributed by atoms with E-state index in [0.29, 0.717) is 13.0 Å². The number of nitrogens with one attached hydrogen (secondary N) is 2. The summed E-state index contributed by atoms with van der Waals surface area (Å²) in [6.07, 6.45) is 2.65. The number of hydrogen-bond acceptors (Lipinski definition) is 3. The maximum atomic E-state index is 11.2. The van der Waals surface area contributed by atoms with E-state index in [2.05, 4.69) is 22.8 Å². The Balaban J connectivity index is 2.29. The van der Waals surface area contributed by atoms with Crippen LogP contribution >= 0.6 is 0 Å². The molecule has 4 heteroatoms. The van der Waals surface area contributed by atoms with Crippen molar-refractivity contribution in [2.75, 3.05) is 25.0 Å². The molecule has 0 aliphatic rings. The predicted molar refractivity (Wildman–Crippen MR) is 75.6 cm³/mol. The molecule has 0 saturated carbocycles. The fourth-order valence-electron chi connectivity index (χ4n) is 1.65. The van der Waals surface area contributed by atoms with E-state index >= 15 is 0 Å². The van der Waals surface area contributed by atoms with Gasteiger partial charge in [-0.1, -0.05) is 19.1 Å². The molecule has 0 aliphatic carbocycles. The zero-order chi connectivity index (χ0) is 13.2. The van der Waals surface area contributed by atoms with Crippen LogP contribution in [-0.4, -0.2) is 25.5 Å². The van der Waals surface area contributed by atoms with Crippen LogP contribution in [0.4, 0.5) is 5.69 Å². The Kier molecular flexibility index (Phi) is 7.06. The lowest BCUT2D eigenvalue weighted by Gasteiger charge is -2.06. The Hall–Kier alpha value is -1.39. The summed E-state index contributed by atoms with van der Waals surface area (Å²) in [6, 6.07) is 8.04. The van der Waals surface area contributed by atoms with E-state index in [1.165, 1.54) is 5.56 Å². The number of aryl methyl sites for hydroxylation is 1. The van der Waals surface area contributed by atoms with Gasteiger partial charge in [0.15, 0.2) is 0 Å². The lowest BCUT2D eigenvalue weighted by molar-refractivity contribution is -0.115. The number of hydrogen-bond donors (Lipinski definition) is 3. The molecular weight excluding hydrogens is 226 g/mol. The van der Waals surface area contributed by atoms with Gasteiger partial charge in [-0.3, -0.25) is 4.79 Å². The van der Waals surface area contributed by atoms with Gasteiger partial charge in [0, 0.05) is 25.2 Å². The van der Waals surface area contributed by atoms with E-state index in [-0.39, 0.29) is 5.91 Å². The third-order valence-electron chi connectivity index (χ3n) is 2.70. The smallest absolute Gasteiger partial charge is 0.224 e. The molecule has 0 heterocycles. The van der Waals surface area contributed by atoms with Gasteiger partial charge in [0.05, 0.1) is 0 Å². The zero-order valence-corrected chi connectivity index (χ0v) is 11.0. The highest BCUT2D eigenvalue weighted by Crippen LogP contribution is 2.11. The van der Waals surface area contributed by atoms with Crippen LogP contribution in [0.2, 0.25) is 0 Å². The number of anilines is 1. The van der Waals surface area contributed by atoms with Crippen molar-refractivity contribution < 1.29 is 4.79 Å². The van der Waals surface area contributed by atoms with Gasteiger partial charge in [0.25, 0.3) is 0 Å². The fourth-order valence-corrected chi connectivity index (χ4v) is 1.65. The van der Waals surface area contributed by atoms with Crippen molar-refractivity contribution in [3.05, 3.63) is 29.8 Å². The van der Waals surface area contributed by atoms with E-state index in [1.54, 1.807) is 0 Å². The van der Waals surface area contributed by atoms with Gasteiger partial charge in [-0.15, -0.1) is 0 Å². The van der Waals surface area contributed by atoms with Crippen LogP contribution in [0.1, 0.15) is 25.3 Å². The Morgan fingerprint density at radius 3 is 2.56 bits per heavy atom. The minimum atomic E-state index is 0.0498. The molecule has 1 aromatic carbocycles. The first-order valence-electron chi connectivity index (χ1n) is 6.56. The highest BCUT2D eigenvalue weighted by atomic mass is 16.1. The summed E-state index contributed by atoms with van der Waals surface area (Å²) < 4.78 is 0. The molecule has 0 saturated heterocycles.